The topological polar surface area (TPSA) is 78.9 Å². The molecule has 218 valence electrons. The Morgan fingerprint density at radius 1 is 0.568 bits per heavy atom. The molecule has 0 aliphatic rings. The maximum atomic E-state index is 12.5. The van der Waals surface area contributed by atoms with Crippen molar-refractivity contribution in [2.24, 2.45) is 0 Å². The Bertz CT molecular complexity index is 554. The van der Waals surface area contributed by atoms with E-state index in [1.54, 1.807) is 0 Å². The minimum atomic E-state index is -0.896. The lowest BCUT2D eigenvalue weighted by atomic mass is 10.1. The van der Waals surface area contributed by atoms with Gasteiger partial charge >= 0.3 is 17.9 Å². The molecule has 0 aromatic rings. The zero-order valence-corrected chi connectivity index (χ0v) is 25.0. The molecule has 0 spiro atoms. The summed E-state index contributed by atoms with van der Waals surface area (Å²) in [6.07, 6.45) is 24.0. The van der Waals surface area contributed by atoms with Crippen molar-refractivity contribution in [3.05, 3.63) is 0 Å². The van der Waals surface area contributed by atoms with Crippen LogP contribution in [-0.4, -0.2) is 36.4 Å². The SMILES string of the molecule is CCCCCCCCCCCCOC(=O)CC(SOC(C)=O)C(=O)OCCCCCCCCCCCC. The van der Waals surface area contributed by atoms with Gasteiger partial charge in [-0.25, -0.2) is 0 Å². The highest BCUT2D eigenvalue weighted by Gasteiger charge is 2.27. The van der Waals surface area contributed by atoms with Gasteiger partial charge in [0.25, 0.3) is 0 Å². The second-order valence-corrected chi connectivity index (χ2v) is 11.0. The van der Waals surface area contributed by atoms with Crippen LogP contribution in [0.5, 0.6) is 0 Å². The van der Waals surface area contributed by atoms with Crippen LogP contribution in [0.25, 0.3) is 0 Å². The molecule has 1 unspecified atom stereocenters. The van der Waals surface area contributed by atoms with Crippen LogP contribution in [0.15, 0.2) is 0 Å². The zero-order chi connectivity index (χ0) is 27.4. The van der Waals surface area contributed by atoms with E-state index in [0.29, 0.717) is 25.3 Å². The molecule has 0 N–H and O–H groups in total. The van der Waals surface area contributed by atoms with Crippen LogP contribution in [0.4, 0.5) is 0 Å². The van der Waals surface area contributed by atoms with Gasteiger partial charge in [0.1, 0.15) is 0 Å². The first-order valence-electron chi connectivity index (χ1n) is 15.2. The lowest BCUT2D eigenvalue weighted by Crippen LogP contribution is -2.25. The van der Waals surface area contributed by atoms with Crippen molar-refractivity contribution in [1.29, 1.82) is 0 Å². The summed E-state index contributed by atoms with van der Waals surface area (Å²) in [6, 6.07) is 0. The fraction of sp³-hybridized carbons (Fsp3) is 0.900. The molecule has 6 nitrogen and oxygen atoms in total. The van der Waals surface area contributed by atoms with Gasteiger partial charge in [0.05, 0.1) is 31.7 Å². The van der Waals surface area contributed by atoms with E-state index in [1.807, 2.05) is 0 Å². The highest BCUT2D eigenvalue weighted by atomic mass is 32.2. The molecule has 7 heteroatoms. The second-order valence-electron chi connectivity index (χ2n) is 10.1. The summed E-state index contributed by atoms with van der Waals surface area (Å²) in [7, 11) is 0. The number of unbranched alkanes of at least 4 members (excludes halogenated alkanes) is 18. The smallest absolute Gasteiger partial charge is 0.323 e. The summed E-state index contributed by atoms with van der Waals surface area (Å²) in [5.74, 6) is -1.51. The second kappa shape index (κ2) is 27.8. The third-order valence-corrected chi connectivity index (χ3v) is 7.32. The maximum Gasteiger partial charge on any atom is 0.323 e. The van der Waals surface area contributed by atoms with Gasteiger partial charge in [0.2, 0.25) is 0 Å². The Morgan fingerprint density at radius 2 is 0.946 bits per heavy atom. The number of ether oxygens (including phenoxy) is 2. The minimum Gasteiger partial charge on any atom is -0.466 e. The molecule has 0 aromatic carbocycles. The van der Waals surface area contributed by atoms with Crippen LogP contribution in [0.2, 0.25) is 0 Å². The lowest BCUT2D eigenvalue weighted by molar-refractivity contribution is -0.150. The van der Waals surface area contributed by atoms with E-state index in [4.69, 9.17) is 13.7 Å². The number of esters is 2. The molecular weight excluding hydrogens is 488 g/mol. The number of carbonyl (C=O) groups is 3. The van der Waals surface area contributed by atoms with Crippen molar-refractivity contribution >= 4 is 30.0 Å². The Balaban J connectivity index is 3.95. The molecular formula is C30H56O6S. The van der Waals surface area contributed by atoms with Crippen molar-refractivity contribution in [3.63, 3.8) is 0 Å². The first-order valence-corrected chi connectivity index (χ1v) is 16.0. The number of rotatable bonds is 27. The van der Waals surface area contributed by atoms with Crippen molar-refractivity contribution in [3.8, 4) is 0 Å². The average Bonchev–Trinajstić information content (AvgIpc) is 2.88. The molecule has 0 aromatic heterocycles. The maximum absolute atomic E-state index is 12.5. The highest BCUT2D eigenvalue weighted by Crippen LogP contribution is 2.20. The molecule has 0 saturated heterocycles. The van der Waals surface area contributed by atoms with E-state index in [-0.39, 0.29) is 6.42 Å². The largest absolute Gasteiger partial charge is 0.466 e. The lowest BCUT2D eigenvalue weighted by Gasteiger charge is -2.14. The third kappa shape index (κ3) is 26.2. The molecule has 0 heterocycles. The fourth-order valence-electron chi connectivity index (χ4n) is 4.12. The molecule has 0 aliphatic carbocycles. The van der Waals surface area contributed by atoms with E-state index in [1.165, 1.54) is 96.8 Å². The first kappa shape index (κ1) is 35.8. The van der Waals surface area contributed by atoms with Gasteiger partial charge in [0.15, 0.2) is 5.25 Å². The molecule has 0 fully saturated rings. The highest BCUT2D eigenvalue weighted by molar-refractivity contribution is 7.96. The first-order chi connectivity index (χ1) is 18.0. The van der Waals surface area contributed by atoms with Gasteiger partial charge in [-0.1, -0.05) is 129 Å². The standard InChI is InChI=1S/C30H56O6S/c1-4-6-8-10-12-14-16-18-20-22-24-34-29(32)26-28(37-36-27(3)31)30(33)35-25-23-21-19-17-15-13-11-9-7-5-2/h28H,4-26H2,1-3H3. The average molecular weight is 545 g/mol. The third-order valence-electron chi connectivity index (χ3n) is 6.40. The fourth-order valence-corrected chi connectivity index (χ4v) is 4.73. The number of hydrogen-bond acceptors (Lipinski definition) is 7. The summed E-state index contributed by atoms with van der Waals surface area (Å²) in [6.45, 7) is 6.41. The molecule has 0 amide bonds. The van der Waals surface area contributed by atoms with Gasteiger partial charge in [0, 0.05) is 6.92 Å². The van der Waals surface area contributed by atoms with Gasteiger partial charge in [-0.2, -0.15) is 0 Å². The zero-order valence-electron chi connectivity index (χ0n) is 24.2. The van der Waals surface area contributed by atoms with Crippen molar-refractivity contribution in [1.82, 2.24) is 0 Å². The van der Waals surface area contributed by atoms with E-state index >= 15 is 0 Å². The Hall–Kier alpha value is -1.24. The number of carbonyl (C=O) groups excluding carboxylic acids is 3. The van der Waals surface area contributed by atoms with E-state index in [0.717, 1.165) is 38.5 Å². The summed E-state index contributed by atoms with van der Waals surface area (Å²) in [5, 5.41) is -0.896. The number of hydrogen-bond donors (Lipinski definition) is 0. The van der Waals surface area contributed by atoms with Gasteiger partial charge in [-0.15, -0.1) is 0 Å². The monoisotopic (exact) mass is 544 g/mol. The van der Waals surface area contributed by atoms with Crippen molar-refractivity contribution in [2.75, 3.05) is 13.2 Å². The molecule has 0 radical (unpaired) electrons. The van der Waals surface area contributed by atoms with Crippen molar-refractivity contribution in [2.45, 2.75) is 161 Å². The predicted octanol–water partition coefficient (Wildman–Crippen LogP) is 8.88. The summed E-state index contributed by atoms with van der Waals surface area (Å²) < 4.78 is 15.6. The van der Waals surface area contributed by atoms with E-state index < -0.39 is 23.2 Å². The van der Waals surface area contributed by atoms with Crippen LogP contribution in [-0.2, 0) is 28.0 Å². The molecule has 0 saturated carbocycles. The van der Waals surface area contributed by atoms with Crippen LogP contribution < -0.4 is 0 Å². The Morgan fingerprint density at radius 3 is 1.35 bits per heavy atom. The van der Waals surface area contributed by atoms with Crippen LogP contribution >= 0.6 is 12.0 Å². The van der Waals surface area contributed by atoms with Gasteiger partial charge < -0.3 is 13.7 Å². The van der Waals surface area contributed by atoms with Crippen LogP contribution in [0, 0.1) is 0 Å². The Labute approximate surface area is 231 Å². The Kier molecular flexibility index (Phi) is 26.9. The van der Waals surface area contributed by atoms with Gasteiger partial charge in [-0.3, -0.25) is 14.4 Å². The molecule has 0 rings (SSSR count). The molecule has 0 bridgehead atoms. The summed E-state index contributed by atoms with van der Waals surface area (Å²) >= 11 is 0.684. The van der Waals surface area contributed by atoms with Crippen LogP contribution in [0.1, 0.15) is 156 Å². The van der Waals surface area contributed by atoms with Crippen LogP contribution in [0.3, 0.4) is 0 Å². The van der Waals surface area contributed by atoms with E-state index in [2.05, 4.69) is 13.8 Å². The quantitative estimate of drug-likeness (QED) is 0.0580. The van der Waals surface area contributed by atoms with Crippen molar-refractivity contribution < 1.29 is 28.0 Å². The van der Waals surface area contributed by atoms with Gasteiger partial charge in [-0.05, 0) is 12.8 Å². The summed E-state index contributed by atoms with van der Waals surface area (Å²) in [4.78, 5) is 35.9. The normalized spacial score (nSPS) is 11.8. The van der Waals surface area contributed by atoms with E-state index in [9.17, 15) is 14.4 Å². The molecule has 0 aliphatic heterocycles. The summed E-state index contributed by atoms with van der Waals surface area (Å²) in [5.41, 5.74) is 0. The predicted molar refractivity (Wildman–Crippen MR) is 153 cm³/mol. The molecule has 37 heavy (non-hydrogen) atoms. The minimum absolute atomic E-state index is 0.160. The molecule has 1 atom stereocenters.